The van der Waals surface area contributed by atoms with Gasteiger partial charge in [0.15, 0.2) is 23.1 Å². The summed E-state index contributed by atoms with van der Waals surface area (Å²) in [7, 11) is 3.76. The Labute approximate surface area is 686 Å². The highest BCUT2D eigenvalue weighted by Gasteiger charge is 2.42. The van der Waals surface area contributed by atoms with Gasteiger partial charge in [-0.15, -0.1) is 24.8 Å². The topological polar surface area (TPSA) is 218 Å². The molecule has 0 amide bonds. The normalized spacial score (nSPS) is 27.3. The number of hydrogen-bond donors (Lipinski definition) is 2. The number of rotatable bonds is 16. The van der Waals surface area contributed by atoms with Crippen LogP contribution in [-0.2, 0) is 38.1 Å². The lowest BCUT2D eigenvalue weighted by atomic mass is 9.96. The van der Waals surface area contributed by atoms with Crippen molar-refractivity contribution in [2.75, 3.05) is 138 Å². The predicted octanol–water partition coefficient (Wildman–Crippen LogP) is 13.1. The number of morpholine rings is 4. The van der Waals surface area contributed by atoms with Crippen molar-refractivity contribution >= 4 is 137 Å². The second kappa shape index (κ2) is 39.5. The van der Waals surface area contributed by atoms with Crippen molar-refractivity contribution in [2.24, 2.45) is 23.7 Å². The molecule has 16 rings (SSSR count). The third-order valence-electron chi connectivity index (χ3n) is 22.7. The number of benzene rings is 4. The van der Waals surface area contributed by atoms with Crippen LogP contribution in [0.25, 0.3) is 63.0 Å². The lowest BCUT2D eigenvalue weighted by molar-refractivity contribution is -0.136. The van der Waals surface area contributed by atoms with Gasteiger partial charge in [-0.25, -0.2) is 36.9 Å². The second-order valence-electron chi connectivity index (χ2n) is 31.4. The molecule has 12 heterocycles. The number of alkyl halides is 4. The van der Waals surface area contributed by atoms with Gasteiger partial charge in [-0.05, 0) is 90.3 Å². The van der Waals surface area contributed by atoms with Gasteiger partial charge >= 0.3 is 0 Å². The Bertz CT molecular complexity index is 4710. The number of nitrogens with one attached hydrogen (secondary N) is 2. The number of halogens is 6. The molecule has 8 aliphatic rings. The first kappa shape index (κ1) is 87.2. The van der Waals surface area contributed by atoms with Crippen LogP contribution in [0.4, 0.5) is 63.1 Å². The SMILES string of the molecule is Cl.Cl.[C-]#[N+]c1ccc(N2CC(C)O[C@@H](C(=O)CC3CN(C)C[C@H]3F)C2)c2cccnc12.[C-]#[N+]c1ccc(N2C[C@@H](C)O[C@@H](C(=O)CC3CNC[C@H]3F)C2)c2cccnc12.[C-]#[N+]c1ccc(N2C[C@@H](C)O[C@@H](C(=O)C[C@H]3CN(C)C[C@H]3F)C2)c2cccnc12.[C-]#[N+]c1ccc(N2C[C@@H](C)O[C@@H](C(=O)C[C@H]3CNC[C@H]3F)C2)c2cccnc12. The maximum atomic E-state index is 14.2. The molecule has 2 N–H and O–H groups in total. The molecule has 3 unspecified atom stereocenters. The molecule has 16 atom stereocenters. The van der Waals surface area contributed by atoms with Gasteiger partial charge in [-0.1, -0.05) is 48.5 Å². The highest BCUT2D eigenvalue weighted by Crippen LogP contribution is 2.40. The van der Waals surface area contributed by atoms with Gasteiger partial charge in [0, 0.05) is 197 Å². The minimum atomic E-state index is -0.975. The van der Waals surface area contributed by atoms with Crippen molar-refractivity contribution < 1.29 is 55.7 Å². The molecule has 116 heavy (non-hydrogen) atoms. The lowest BCUT2D eigenvalue weighted by Crippen LogP contribution is -2.50. The fraction of sp³-hybridized carbons (Fsp3) is 0.488. The van der Waals surface area contributed by atoms with Gasteiger partial charge in [-0.3, -0.25) is 39.1 Å². The third kappa shape index (κ3) is 20.3. The highest BCUT2D eigenvalue weighted by atomic mass is 35.5. The molecule has 24 nitrogen and oxygen atoms in total. The number of hydrogen-bond acceptors (Lipinski definition) is 20. The van der Waals surface area contributed by atoms with Crippen LogP contribution >= 0.6 is 24.8 Å². The van der Waals surface area contributed by atoms with Crippen LogP contribution in [0.15, 0.2) is 122 Å². The van der Waals surface area contributed by atoms with Crippen LogP contribution in [0.1, 0.15) is 53.4 Å². The molecule has 4 aromatic carbocycles. The van der Waals surface area contributed by atoms with Crippen molar-refractivity contribution in [3.8, 4) is 0 Å². The number of anilines is 4. The number of ether oxygens (including phenoxy) is 4. The van der Waals surface area contributed by atoms with Crippen molar-refractivity contribution in [3.63, 3.8) is 0 Å². The van der Waals surface area contributed by atoms with Crippen molar-refractivity contribution in [3.05, 3.63) is 168 Å². The summed E-state index contributed by atoms with van der Waals surface area (Å²) in [6.07, 6.45) is 0.815. The number of fused-ring (bicyclic) bond motifs is 4. The number of carbonyl (C=O) groups excluding carboxylic acids is 4. The molecular weight excluding hydrogens is 1530 g/mol. The summed E-state index contributed by atoms with van der Waals surface area (Å²) in [5.41, 5.74) is 8.46. The number of pyridine rings is 4. The van der Waals surface area contributed by atoms with Crippen molar-refractivity contribution in [1.29, 1.82) is 0 Å². The average Bonchev–Trinajstić information content (AvgIpc) is 1.02. The van der Waals surface area contributed by atoms with E-state index in [9.17, 15) is 36.7 Å². The molecule has 0 radical (unpaired) electrons. The number of carbonyl (C=O) groups is 4. The highest BCUT2D eigenvalue weighted by molar-refractivity contribution is 6.03. The van der Waals surface area contributed by atoms with E-state index in [0.29, 0.717) is 150 Å². The minimum Gasteiger partial charge on any atom is -0.365 e. The van der Waals surface area contributed by atoms with E-state index in [-0.39, 0.29) is 122 Å². The first-order valence-electron chi connectivity index (χ1n) is 39.1. The molecule has 8 aromatic rings. The number of nitrogens with zero attached hydrogens (tertiary/aromatic N) is 14. The van der Waals surface area contributed by atoms with Gasteiger partial charge in [0.2, 0.25) is 22.7 Å². The van der Waals surface area contributed by atoms with E-state index in [1.54, 1.807) is 49.1 Å². The van der Waals surface area contributed by atoms with Crippen LogP contribution in [0.5, 0.6) is 0 Å². The van der Waals surface area contributed by atoms with Crippen LogP contribution < -0.4 is 30.2 Å². The van der Waals surface area contributed by atoms with Crippen LogP contribution in [0.3, 0.4) is 0 Å². The third-order valence-corrected chi connectivity index (χ3v) is 22.7. The Balaban J connectivity index is 0.000000151. The number of ketones is 4. The van der Waals surface area contributed by atoms with Gasteiger partial charge in [0.1, 0.15) is 49.1 Å². The number of likely N-dealkylation sites (tertiary alicyclic amines) is 2. The van der Waals surface area contributed by atoms with Crippen molar-refractivity contribution in [2.45, 2.75) is 127 Å². The number of Topliss-reactive ketones (excluding diaryl/α,β-unsaturated/α-hetero) is 4. The standard InChI is InChI=1S/2C22H25FN4O2.2C21H23FN4O2.2ClH/c2*1-14-10-27(19-7-6-18(24-2)22-16(19)5-4-8-25-22)13-21(29-14)20(28)9-15-11-26(3)12-17(15)23;2*1-13-11-26(12-20(28-13)19(27)8-14-9-24-10-16(14)22)18-6-5-17(23-2)21-15(18)4-3-7-25-21;;/h2*4-8,14-15,17,21H,9-13H2,1,3H3;2*3-7,13-14,16,20,24H,8-12H2,1H3;2*1H/t14?,15?,17-,21-;14-,15+,17-,21-;13-,14?,16-,20-;13-,14+,16-,20-;;/m1111../s1. The van der Waals surface area contributed by atoms with E-state index >= 15 is 0 Å². The summed E-state index contributed by atoms with van der Waals surface area (Å²) >= 11 is 0. The van der Waals surface area contributed by atoms with Gasteiger partial charge in [0.05, 0.1) is 99.0 Å². The molecular formula is C86H98Cl2F4N16O8. The first-order chi connectivity index (χ1) is 55.0. The summed E-state index contributed by atoms with van der Waals surface area (Å²) in [6, 6.07) is 29.9. The second-order valence-corrected chi connectivity index (χ2v) is 31.4. The van der Waals surface area contributed by atoms with E-state index in [0.717, 1.165) is 44.3 Å². The summed E-state index contributed by atoms with van der Waals surface area (Å²) in [4.78, 5) is 95.5. The number of aromatic nitrogens is 4. The molecule has 8 saturated heterocycles. The summed E-state index contributed by atoms with van der Waals surface area (Å²) < 4.78 is 79.8. The van der Waals surface area contributed by atoms with E-state index in [1.807, 2.05) is 124 Å². The maximum Gasteiger partial charge on any atom is 0.213 e. The fourth-order valence-corrected chi connectivity index (χ4v) is 17.2. The average molecular weight is 1630 g/mol. The summed E-state index contributed by atoms with van der Waals surface area (Å²) in [5.74, 6) is -1.24. The molecule has 0 aliphatic carbocycles. The molecule has 0 spiro atoms. The molecule has 8 aliphatic heterocycles. The van der Waals surface area contributed by atoms with E-state index < -0.39 is 49.1 Å². The van der Waals surface area contributed by atoms with Gasteiger partial charge < -0.3 is 59.0 Å². The Morgan fingerprint density at radius 2 is 0.612 bits per heavy atom. The largest absolute Gasteiger partial charge is 0.365 e. The van der Waals surface area contributed by atoms with Gasteiger partial charge in [0.25, 0.3) is 0 Å². The van der Waals surface area contributed by atoms with Crippen molar-refractivity contribution in [1.82, 2.24) is 40.4 Å². The molecule has 0 bridgehead atoms. The molecule has 4 aromatic heterocycles. The van der Waals surface area contributed by atoms with E-state index in [4.69, 9.17) is 45.2 Å². The Hall–Kier alpha value is -9.66. The van der Waals surface area contributed by atoms with Crippen LogP contribution in [0, 0.1) is 50.0 Å². The zero-order chi connectivity index (χ0) is 80.4. The molecule has 0 saturated carbocycles. The monoisotopic (exact) mass is 1630 g/mol. The first-order valence-corrected chi connectivity index (χ1v) is 39.1. The fourth-order valence-electron chi connectivity index (χ4n) is 17.2. The summed E-state index contributed by atoms with van der Waals surface area (Å²) in [6.45, 7) is 45.2. The zero-order valence-electron chi connectivity index (χ0n) is 65.8. The Kier molecular flexibility index (Phi) is 29.7. The zero-order valence-corrected chi connectivity index (χ0v) is 67.4. The lowest BCUT2D eigenvalue weighted by Gasteiger charge is -2.38. The smallest absolute Gasteiger partial charge is 0.213 e. The Morgan fingerprint density at radius 3 is 0.828 bits per heavy atom. The van der Waals surface area contributed by atoms with Crippen LogP contribution in [-0.4, -0.2) is 245 Å². The van der Waals surface area contributed by atoms with Gasteiger partial charge in [-0.2, -0.15) is 0 Å². The minimum absolute atomic E-state index is 0. The van der Waals surface area contributed by atoms with E-state index in [1.165, 1.54) is 0 Å². The molecule has 8 fully saturated rings. The summed E-state index contributed by atoms with van der Waals surface area (Å²) in [5, 5.41) is 9.55. The van der Waals surface area contributed by atoms with E-state index in [2.05, 4.69) is 69.5 Å². The van der Waals surface area contributed by atoms with Crippen LogP contribution in [0.2, 0.25) is 0 Å². The molecule has 30 heteroatoms. The Morgan fingerprint density at radius 1 is 0.362 bits per heavy atom. The maximum absolute atomic E-state index is 14.2. The quantitative estimate of drug-likeness (QED) is 0.0679. The predicted molar refractivity (Wildman–Crippen MR) is 445 cm³/mol. The molecule has 612 valence electrons.